The Morgan fingerprint density at radius 3 is 2.40 bits per heavy atom. The van der Waals surface area contributed by atoms with E-state index in [4.69, 9.17) is 5.26 Å². The van der Waals surface area contributed by atoms with Crippen molar-refractivity contribution >= 4 is 9.84 Å². The van der Waals surface area contributed by atoms with Gasteiger partial charge in [0.25, 0.3) is 0 Å². The molecular weight excluding hydrogens is 210 g/mol. The lowest BCUT2D eigenvalue weighted by molar-refractivity contribution is 0.238. The number of nitrogens with zero attached hydrogens (tertiary/aromatic N) is 1. The van der Waals surface area contributed by atoms with E-state index in [0.29, 0.717) is 18.3 Å². The highest BCUT2D eigenvalue weighted by Crippen LogP contribution is 2.37. The molecular formula is C11H19NO2S. The van der Waals surface area contributed by atoms with Crippen molar-refractivity contribution in [3.05, 3.63) is 0 Å². The number of rotatable bonds is 2. The van der Waals surface area contributed by atoms with E-state index >= 15 is 0 Å². The molecule has 0 amide bonds. The maximum atomic E-state index is 11.7. The van der Waals surface area contributed by atoms with Crippen molar-refractivity contribution in [3.8, 4) is 5.40 Å². The minimum Gasteiger partial charge on any atom is -0.213 e. The first-order valence-corrected chi connectivity index (χ1v) is 7.07. The average molecular weight is 229 g/mol. The minimum atomic E-state index is -3.54. The van der Waals surface area contributed by atoms with E-state index in [2.05, 4.69) is 6.92 Å². The summed E-state index contributed by atoms with van der Waals surface area (Å²) in [5, 5.41) is 9.74. The molecule has 1 aliphatic carbocycles. The van der Waals surface area contributed by atoms with Gasteiger partial charge in [-0.25, -0.2) is 8.42 Å². The Hall–Kier alpha value is -0.560. The summed E-state index contributed by atoms with van der Waals surface area (Å²) < 4.78 is 23.3. The first-order chi connectivity index (χ1) is 6.88. The Balaban J connectivity index is 2.95. The van der Waals surface area contributed by atoms with E-state index in [9.17, 15) is 8.42 Å². The van der Waals surface area contributed by atoms with Gasteiger partial charge in [0.05, 0.1) is 5.25 Å². The van der Waals surface area contributed by atoms with Crippen LogP contribution in [0, 0.1) is 28.4 Å². The Morgan fingerprint density at radius 2 is 1.93 bits per heavy atom. The predicted octanol–water partition coefficient (Wildman–Crippen LogP) is 2.34. The lowest BCUT2D eigenvalue weighted by Crippen LogP contribution is -2.37. The van der Waals surface area contributed by atoms with Gasteiger partial charge in [0.15, 0.2) is 5.40 Å². The van der Waals surface area contributed by atoms with Crippen molar-refractivity contribution in [2.24, 2.45) is 17.8 Å². The molecule has 3 nitrogen and oxygen atoms in total. The number of hydrogen-bond acceptors (Lipinski definition) is 3. The molecule has 0 bridgehead atoms. The van der Waals surface area contributed by atoms with Gasteiger partial charge in [0, 0.05) is 0 Å². The van der Waals surface area contributed by atoms with Crippen LogP contribution >= 0.6 is 0 Å². The zero-order valence-electron chi connectivity index (χ0n) is 9.60. The quantitative estimate of drug-likeness (QED) is 0.539. The highest BCUT2D eigenvalue weighted by atomic mass is 32.2. The lowest BCUT2D eigenvalue weighted by atomic mass is 9.77. The van der Waals surface area contributed by atoms with E-state index in [-0.39, 0.29) is 5.92 Å². The Kier molecular flexibility index (Phi) is 3.77. The molecule has 86 valence electrons. The molecule has 0 radical (unpaired) electrons. The second-order valence-electron chi connectivity index (χ2n) is 5.00. The van der Waals surface area contributed by atoms with Crippen LogP contribution in [0.5, 0.6) is 0 Å². The third kappa shape index (κ3) is 2.72. The largest absolute Gasteiger partial charge is 0.244 e. The SMILES string of the molecule is CC(C)[C@@H]1CC[C@@H](C)C[C@@H]1S(=O)(=O)C#N. The molecule has 1 aliphatic rings. The molecule has 4 heteroatoms. The second-order valence-corrected chi connectivity index (χ2v) is 6.88. The Morgan fingerprint density at radius 1 is 1.33 bits per heavy atom. The van der Waals surface area contributed by atoms with Gasteiger partial charge in [0.1, 0.15) is 0 Å². The molecule has 1 fully saturated rings. The highest BCUT2D eigenvalue weighted by Gasteiger charge is 2.39. The van der Waals surface area contributed by atoms with Crippen molar-refractivity contribution < 1.29 is 8.42 Å². The molecule has 1 rings (SSSR count). The van der Waals surface area contributed by atoms with Crippen LogP contribution in [-0.2, 0) is 9.84 Å². The number of hydrogen-bond donors (Lipinski definition) is 0. The smallest absolute Gasteiger partial charge is 0.213 e. The fourth-order valence-corrected chi connectivity index (χ4v) is 4.17. The minimum absolute atomic E-state index is 0.158. The molecule has 1 saturated carbocycles. The molecule has 0 heterocycles. The van der Waals surface area contributed by atoms with Crippen LogP contribution in [0.15, 0.2) is 0 Å². The van der Waals surface area contributed by atoms with Gasteiger partial charge in [0.2, 0.25) is 9.84 Å². The van der Waals surface area contributed by atoms with Gasteiger partial charge in [-0.05, 0) is 30.6 Å². The summed E-state index contributed by atoms with van der Waals surface area (Å²) in [4.78, 5) is 0. The summed E-state index contributed by atoms with van der Waals surface area (Å²) >= 11 is 0. The molecule has 0 N–H and O–H groups in total. The summed E-state index contributed by atoms with van der Waals surface area (Å²) in [7, 11) is -3.54. The van der Waals surface area contributed by atoms with Gasteiger partial charge in [-0.2, -0.15) is 5.26 Å². The van der Waals surface area contributed by atoms with Gasteiger partial charge in [-0.15, -0.1) is 0 Å². The van der Waals surface area contributed by atoms with Crippen LogP contribution in [0.4, 0.5) is 0 Å². The van der Waals surface area contributed by atoms with Gasteiger partial charge < -0.3 is 0 Å². The van der Waals surface area contributed by atoms with Crippen molar-refractivity contribution in [2.75, 3.05) is 0 Å². The monoisotopic (exact) mass is 229 g/mol. The van der Waals surface area contributed by atoms with Crippen molar-refractivity contribution in [1.29, 1.82) is 5.26 Å². The number of thiocyanates is 1. The van der Waals surface area contributed by atoms with Crippen LogP contribution in [-0.4, -0.2) is 13.7 Å². The maximum Gasteiger partial charge on any atom is 0.244 e. The first-order valence-electron chi connectivity index (χ1n) is 5.53. The van der Waals surface area contributed by atoms with E-state index in [0.717, 1.165) is 12.8 Å². The Bertz CT molecular complexity index is 353. The zero-order chi connectivity index (χ0) is 11.6. The van der Waals surface area contributed by atoms with Gasteiger partial charge in [-0.1, -0.05) is 27.2 Å². The first kappa shape index (κ1) is 12.5. The van der Waals surface area contributed by atoms with E-state index in [1.165, 1.54) is 5.40 Å². The lowest BCUT2D eigenvalue weighted by Gasteiger charge is -2.35. The van der Waals surface area contributed by atoms with E-state index < -0.39 is 15.1 Å². The topological polar surface area (TPSA) is 57.9 Å². The normalized spacial score (nSPS) is 32.6. The number of sulfone groups is 1. The van der Waals surface area contributed by atoms with Gasteiger partial charge in [-0.3, -0.25) is 0 Å². The van der Waals surface area contributed by atoms with Crippen LogP contribution in [0.1, 0.15) is 40.0 Å². The molecule has 0 aromatic heterocycles. The molecule has 15 heavy (non-hydrogen) atoms. The number of nitriles is 1. The Labute approximate surface area is 92.4 Å². The predicted molar refractivity (Wildman–Crippen MR) is 59.7 cm³/mol. The van der Waals surface area contributed by atoms with Crippen molar-refractivity contribution in [1.82, 2.24) is 0 Å². The van der Waals surface area contributed by atoms with Crippen LogP contribution in [0.2, 0.25) is 0 Å². The van der Waals surface area contributed by atoms with E-state index in [1.54, 1.807) is 0 Å². The van der Waals surface area contributed by atoms with Crippen LogP contribution < -0.4 is 0 Å². The molecule has 3 atom stereocenters. The maximum absolute atomic E-state index is 11.7. The molecule has 0 saturated heterocycles. The highest BCUT2D eigenvalue weighted by molar-refractivity contribution is 7.96. The molecule has 0 aliphatic heterocycles. The van der Waals surface area contributed by atoms with E-state index in [1.807, 2.05) is 13.8 Å². The summed E-state index contributed by atoms with van der Waals surface area (Å²) in [6, 6.07) is 0. The summed E-state index contributed by atoms with van der Waals surface area (Å²) in [5.41, 5.74) is 0. The third-order valence-electron chi connectivity index (χ3n) is 3.49. The van der Waals surface area contributed by atoms with Gasteiger partial charge >= 0.3 is 0 Å². The third-order valence-corrected chi connectivity index (χ3v) is 5.08. The molecule has 0 spiro atoms. The van der Waals surface area contributed by atoms with Crippen LogP contribution in [0.3, 0.4) is 0 Å². The van der Waals surface area contributed by atoms with Crippen molar-refractivity contribution in [3.63, 3.8) is 0 Å². The fraction of sp³-hybridized carbons (Fsp3) is 0.909. The van der Waals surface area contributed by atoms with Crippen LogP contribution in [0.25, 0.3) is 0 Å². The molecule has 0 aromatic carbocycles. The average Bonchev–Trinajstić information content (AvgIpc) is 2.17. The zero-order valence-corrected chi connectivity index (χ0v) is 10.4. The summed E-state index contributed by atoms with van der Waals surface area (Å²) in [5.74, 6) is 0.921. The summed E-state index contributed by atoms with van der Waals surface area (Å²) in [6.45, 7) is 6.15. The molecule has 0 aromatic rings. The standard InChI is InChI=1S/C11H19NO2S/c1-8(2)10-5-4-9(3)6-11(10)15(13,14)7-12/h8-11H,4-6H2,1-3H3/t9-,10+,11+/m1/s1. The van der Waals surface area contributed by atoms with Crippen molar-refractivity contribution in [2.45, 2.75) is 45.3 Å². The molecule has 0 unspecified atom stereocenters. The second kappa shape index (κ2) is 4.52. The summed E-state index contributed by atoms with van der Waals surface area (Å²) in [6.07, 6.45) is 2.67. The fourth-order valence-electron chi connectivity index (χ4n) is 2.54.